The lowest BCUT2D eigenvalue weighted by atomic mass is 9.90. The predicted octanol–water partition coefficient (Wildman–Crippen LogP) is 2.51. The number of benzene rings is 1. The Hall–Kier alpha value is -3.64. The second-order valence-corrected chi connectivity index (χ2v) is 9.54. The molecule has 2 N–H and O–H groups in total. The number of hydrogen-bond acceptors (Lipinski definition) is 11. The average molecular weight is 543 g/mol. The van der Waals surface area contributed by atoms with Gasteiger partial charge in [0, 0.05) is 19.7 Å². The van der Waals surface area contributed by atoms with Crippen molar-refractivity contribution in [3.8, 4) is 17.8 Å². The second-order valence-electron chi connectivity index (χ2n) is 9.54. The number of piperidine rings is 1. The first kappa shape index (κ1) is 28.4. The highest BCUT2D eigenvalue weighted by molar-refractivity contribution is 5.83. The van der Waals surface area contributed by atoms with Gasteiger partial charge in [0.25, 0.3) is 6.01 Å². The van der Waals surface area contributed by atoms with E-state index < -0.39 is 0 Å². The molecule has 1 fully saturated rings. The maximum atomic E-state index is 11.5. The van der Waals surface area contributed by atoms with Gasteiger partial charge in [0.1, 0.15) is 19.0 Å². The maximum absolute atomic E-state index is 11.5. The van der Waals surface area contributed by atoms with Crippen LogP contribution >= 0.6 is 0 Å². The van der Waals surface area contributed by atoms with Gasteiger partial charge in [-0.3, -0.25) is 14.3 Å². The predicted molar refractivity (Wildman–Crippen MR) is 145 cm³/mol. The lowest BCUT2D eigenvalue weighted by Crippen LogP contribution is -2.38. The number of esters is 1. The molecule has 0 aliphatic carbocycles. The number of imidazole rings is 1. The summed E-state index contributed by atoms with van der Waals surface area (Å²) in [6, 6.07) is 8.31. The van der Waals surface area contributed by atoms with Crippen molar-refractivity contribution in [3.05, 3.63) is 29.8 Å². The minimum absolute atomic E-state index is 0.0852. The van der Waals surface area contributed by atoms with Crippen molar-refractivity contribution in [1.29, 1.82) is 0 Å². The summed E-state index contributed by atoms with van der Waals surface area (Å²) in [5.74, 6) is 1.14. The fourth-order valence-electron chi connectivity index (χ4n) is 4.89. The summed E-state index contributed by atoms with van der Waals surface area (Å²) in [6.07, 6.45) is 2.25. The molecule has 1 atom stereocenters. The number of carbonyl (C=O) groups excluding carboxylic acids is 1. The van der Waals surface area contributed by atoms with Gasteiger partial charge in [-0.05, 0) is 56.5 Å². The summed E-state index contributed by atoms with van der Waals surface area (Å²) < 4.78 is 29.0. The number of anilines is 1. The number of ether oxygens (including phenoxy) is 5. The van der Waals surface area contributed by atoms with E-state index in [0.717, 1.165) is 43.8 Å². The monoisotopic (exact) mass is 542 g/mol. The zero-order chi connectivity index (χ0) is 27.8. The molecule has 1 aliphatic heterocycles. The summed E-state index contributed by atoms with van der Waals surface area (Å²) in [5, 5.41) is 0. The number of nitrogens with zero attached hydrogens (tertiary/aromatic N) is 5. The van der Waals surface area contributed by atoms with Crippen LogP contribution in [-0.2, 0) is 20.7 Å². The first-order chi connectivity index (χ1) is 18.9. The quantitative estimate of drug-likeness (QED) is 0.252. The van der Waals surface area contributed by atoms with Gasteiger partial charge in [0.15, 0.2) is 17.0 Å². The van der Waals surface area contributed by atoms with E-state index in [2.05, 4.69) is 26.8 Å². The number of nitrogens with two attached hydrogens (primary N) is 1. The topological polar surface area (TPSA) is 136 Å². The number of fused-ring (bicyclic) bond motifs is 1. The molecule has 0 radical (unpaired) electrons. The minimum Gasteiger partial charge on any atom is -0.492 e. The van der Waals surface area contributed by atoms with E-state index in [1.807, 2.05) is 28.8 Å². The minimum atomic E-state index is -0.266. The van der Waals surface area contributed by atoms with Crippen molar-refractivity contribution in [3.63, 3.8) is 0 Å². The van der Waals surface area contributed by atoms with Crippen LogP contribution in [0.15, 0.2) is 24.3 Å². The number of aromatic nitrogens is 4. The Kier molecular flexibility index (Phi) is 9.77. The fraction of sp³-hybridized carbons (Fsp3) is 0.556. The number of nitrogen functional groups attached to an aromatic ring is 1. The van der Waals surface area contributed by atoms with Crippen molar-refractivity contribution >= 4 is 23.0 Å². The SMILES string of the molecule is COCCOc1nc(N)c2nc(OC)n(C(C)C3CCN(CCOc4cccc(CC(=O)OC)c4)CC3)c2n1. The van der Waals surface area contributed by atoms with E-state index in [9.17, 15) is 4.79 Å². The molecular weight excluding hydrogens is 504 g/mol. The molecule has 0 saturated carbocycles. The highest BCUT2D eigenvalue weighted by Gasteiger charge is 2.29. The van der Waals surface area contributed by atoms with Crippen LogP contribution < -0.4 is 19.9 Å². The van der Waals surface area contributed by atoms with Crippen LogP contribution in [0.4, 0.5) is 5.82 Å². The van der Waals surface area contributed by atoms with Crippen LogP contribution in [-0.4, -0.2) is 91.2 Å². The molecule has 0 amide bonds. The molecule has 1 unspecified atom stereocenters. The molecule has 1 aliphatic rings. The van der Waals surface area contributed by atoms with Crippen LogP contribution in [0.5, 0.6) is 17.8 Å². The summed E-state index contributed by atoms with van der Waals surface area (Å²) >= 11 is 0. The molecule has 2 aromatic heterocycles. The first-order valence-electron chi connectivity index (χ1n) is 13.2. The molecule has 212 valence electrons. The number of hydrogen-bond donors (Lipinski definition) is 1. The van der Waals surface area contributed by atoms with Gasteiger partial charge in [-0.1, -0.05) is 12.1 Å². The molecular formula is C27H38N6O6. The van der Waals surface area contributed by atoms with Crippen LogP contribution in [0, 0.1) is 5.92 Å². The lowest BCUT2D eigenvalue weighted by molar-refractivity contribution is -0.139. The highest BCUT2D eigenvalue weighted by Crippen LogP contribution is 2.35. The van der Waals surface area contributed by atoms with Crippen molar-refractivity contribution in [2.24, 2.45) is 5.92 Å². The van der Waals surface area contributed by atoms with E-state index >= 15 is 0 Å². The van der Waals surface area contributed by atoms with E-state index in [1.165, 1.54) is 7.11 Å². The third-order valence-electron chi connectivity index (χ3n) is 7.09. The van der Waals surface area contributed by atoms with Crippen LogP contribution in [0.1, 0.15) is 31.4 Å². The van der Waals surface area contributed by atoms with Gasteiger partial charge in [0.05, 0.1) is 27.2 Å². The largest absolute Gasteiger partial charge is 0.492 e. The summed E-state index contributed by atoms with van der Waals surface area (Å²) in [6.45, 7) is 6.22. The summed E-state index contributed by atoms with van der Waals surface area (Å²) in [5.41, 5.74) is 8.16. The summed E-state index contributed by atoms with van der Waals surface area (Å²) in [4.78, 5) is 27.3. The van der Waals surface area contributed by atoms with E-state index in [1.54, 1.807) is 14.2 Å². The second kappa shape index (κ2) is 13.4. The van der Waals surface area contributed by atoms with Gasteiger partial charge in [-0.15, -0.1) is 0 Å². The smallest absolute Gasteiger partial charge is 0.320 e. The van der Waals surface area contributed by atoms with Crippen LogP contribution in [0.2, 0.25) is 0 Å². The van der Waals surface area contributed by atoms with Gasteiger partial charge in [-0.2, -0.15) is 15.0 Å². The normalized spacial score (nSPS) is 15.3. The zero-order valence-corrected chi connectivity index (χ0v) is 23.1. The molecule has 0 bridgehead atoms. The van der Waals surface area contributed by atoms with E-state index in [0.29, 0.717) is 42.9 Å². The number of likely N-dealkylation sites (tertiary alicyclic amines) is 1. The molecule has 3 heterocycles. The molecule has 12 heteroatoms. The van der Waals surface area contributed by atoms with Crippen LogP contribution in [0.3, 0.4) is 0 Å². The third kappa shape index (κ3) is 7.07. The summed E-state index contributed by atoms with van der Waals surface area (Å²) in [7, 11) is 4.59. The van der Waals surface area contributed by atoms with Crippen molar-refractivity contribution < 1.29 is 28.5 Å². The van der Waals surface area contributed by atoms with Crippen molar-refractivity contribution in [1.82, 2.24) is 24.4 Å². The lowest BCUT2D eigenvalue weighted by Gasteiger charge is -2.35. The number of rotatable bonds is 13. The Labute approximate surface area is 228 Å². The van der Waals surface area contributed by atoms with Gasteiger partial charge < -0.3 is 29.4 Å². The number of carbonyl (C=O) groups is 1. The fourth-order valence-corrected chi connectivity index (χ4v) is 4.89. The molecule has 1 aromatic carbocycles. The third-order valence-corrected chi connectivity index (χ3v) is 7.09. The Morgan fingerprint density at radius 2 is 1.87 bits per heavy atom. The van der Waals surface area contributed by atoms with Crippen LogP contribution in [0.25, 0.3) is 11.2 Å². The van der Waals surface area contributed by atoms with E-state index in [-0.39, 0.29) is 30.3 Å². The van der Waals surface area contributed by atoms with Crippen molar-refractivity contribution in [2.75, 3.05) is 66.5 Å². The Morgan fingerprint density at radius 1 is 1.08 bits per heavy atom. The average Bonchev–Trinajstić information content (AvgIpc) is 3.32. The van der Waals surface area contributed by atoms with E-state index in [4.69, 9.17) is 29.4 Å². The molecule has 12 nitrogen and oxygen atoms in total. The van der Waals surface area contributed by atoms with Gasteiger partial charge >= 0.3 is 12.0 Å². The Bertz CT molecular complexity index is 1240. The zero-order valence-electron chi connectivity index (χ0n) is 23.1. The molecule has 3 aromatic rings. The van der Waals surface area contributed by atoms with Gasteiger partial charge in [-0.25, -0.2) is 0 Å². The van der Waals surface area contributed by atoms with Gasteiger partial charge in [0.2, 0.25) is 0 Å². The Morgan fingerprint density at radius 3 is 2.59 bits per heavy atom. The first-order valence-corrected chi connectivity index (χ1v) is 13.2. The number of methoxy groups -OCH3 is 3. The Balaban J connectivity index is 1.34. The molecule has 0 spiro atoms. The molecule has 39 heavy (non-hydrogen) atoms. The maximum Gasteiger partial charge on any atom is 0.320 e. The molecule has 1 saturated heterocycles. The molecule has 4 rings (SSSR count). The van der Waals surface area contributed by atoms with Crippen molar-refractivity contribution in [2.45, 2.75) is 32.2 Å². The standard InChI is InChI=1S/C27H38N6O6/c1-18(33-25-23(29-27(33)37-4)24(28)30-26(31-25)39-15-14-35-2)20-8-10-32(11-9-20)12-13-38-21-7-5-6-19(16-21)17-22(34)36-3/h5-7,16,18,20H,8-15,17H2,1-4H3,(H2,28,30,31). The highest BCUT2D eigenvalue weighted by atomic mass is 16.5.